The lowest BCUT2D eigenvalue weighted by Crippen LogP contribution is -2.24. The molecular formula is C6H12N2O. The maximum Gasteiger partial charge on any atom is 0.316 e. The van der Waals surface area contributed by atoms with Crippen LogP contribution in [0.4, 0.5) is 4.79 Å². The fourth-order valence-corrected chi connectivity index (χ4v) is 0.323. The molecule has 0 saturated heterocycles. The summed E-state index contributed by atoms with van der Waals surface area (Å²) in [6.07, 6.45) is 3.40. The van der Waals surface area contributed by atoms with Crippen molar-refractivity contribution < 1.29 is 4.79 Å². The lowest BCUT2D eigenvalue weighted by Gasteiger charge is -1.93. The van der Waals surface area contributed by atoms with Crippen molar-refractivity contribution in [3.63, 3.8) is 0 Å². The van der Waals surface area contributed by atoms with Crippen molar-refractivity contribution in [1.82, 2.24) is 5.32 Å². The van der Waals surface area contributed by atoms with Gasteiger partial charge >= 0.3 is 6.03 Å². The molecule has 0 aromatic carbocycles. The average Bonchev–Trinajstić information content (AvgIpc) is 1.63. The van der Waals surface area contributed by atoms with Crippen molar-refractivity contribution in [1.29, 1.82) is 0 Å². The number of carbonyl (C=O) groups is 1. The average molecular weight is 128 g/mol. The first-order valence-corrected chi connectivity index (χ1v) is 2.85. The van der Waals surface area contributed by atoms with Gasteiger partial charge in [-0.2, -0.15) is 0 Å². The van der Waals surface area contributed by atoms with Crippen LogP contribution in [0.5, 0.6) is 0 Å². The van der Waals surface area contributed by atoms with Gasteiger partial charge < -0.3 is 11.1 Å². The van der Waals surface area contributed by atoms with Crippen LogP contribution in [0.3, 0.4) is 0 Å². The minimum atomic E-state index is -0.521. The van der Waals surface area contributed by atoms with Gasteiger partial charge in [0.1, 0.15) is 0 Å². The monoisotopic (exact) mass is 128 g/mol. The molecule has 52 valence electrons. The molecule has 0 spiro atoms. The third-order valence-corrected chi connectivity index (χ3v) is 0.707. The minimum Gasteiger partial charge on any atom is -0.351 e. The Morgan fingerprint density at radius 2 is 2.22 bits per heavy atom. The van der Waals surface area contributed by atoms with E-state index >= 15 is 0 Å². The second-order valence-electron chi connectivity index (χ2n) is 2.11. The number of urea groups is 1. The smallest absolute Gasteiger partial charge is 0.316 e. The number of carbonyl (C=O) groups excluding carboxylic acids is 1. The fourth-order valence-electron chi connectivity index (χ4n) is 0.323. The standard InChI is InChI=1S/C6H12N2O/c1-5(2)3-4-8-6(7)9/h3-5H,1-2H3,(H3,7,8,9)/b4-3+. The number of hydrogen-bond acceptors (Lipinski definition) is 1. The summed E-state index contributed by atoms with van der Waals surface area (Å²) < 4.78 is 0. The Bertz CT molecular complexity index is 118. The summed E-state index contributed by atoms with van der Waals surface area (Å²) in [7, 11) is 0. The third kappa shape index (κ3) is 7.01. The number of primary amides is 1. The van der Waals surface area contributed by atoms with Crippen molar-refractivity contribution >= 4 is 6.03 Å². The van der Waals surface area contributed by atoms with E-state index in [1.165, 1.54) is 0 Å². The van der Waals surface area contributed by atoms with Crippen LogP contribution in [0, 0.1) is 5.92 Å². The molecule has 3 N–H and O–H groups in total. The molecule has 0 aliphatic rings. The maximum absolute atomic E-state index is 10.0. The van der Waals surface area contributed by atoms with Gasteiger partial charge in [-0.05, 0) is 5.92 Å². The molecule has 0 aromatic rings. The van der Waals surface area contributed by atoms with Crippen molar-refractivity contribution in [2.75, 3.05) is 0 Å². The first kappa shape index (κ1) is 8.01. The first-order chi connectivity index (χ1) is 4.13. The van der Waals surface area contributed by atoms with Gasteiger partial charge in [0.15, 0.2) is 0 Å². The maximum atomic E-state index is 10.0. The van der Waals surface area contributed by atoms with E-state index in [2.05, 4.69) is 5.32 Å². The second-order valence-corrected chi connectivity index (χ2v) is 2.11. The van der Waals surface area contributed by atoms with Crippen LogP contribution in [0.2, 0.25) is 0 Å². The van der Waals surface area contributed by atoms with Crippen molar-refractivity contribution in [2.45, 2.75) is 13.8 Å². The van der Waals surface area contributed by atoms with Crippen LogP contribution in [0.1, 0.15) is 13.8 Å². The zero-order valence-corrected chi connectivity index (χ0v) is 5.72. The molecular weight excluding hydrogens is 116 g/mol. The Labute approximate surface area is 54.9 Å². The van der Waals surface area contributed by atoms with Crippen LogP contribution in [0.15, 0.2) is 12.3 Å². The van der Waals surface area contributed by atoms with Gasteiger partial charge in [0.05, 0.1) is 0 Å². The Balaban J connectivity index is 3.36. The predicted octanol–water partition coefficient (Wildman–Crippen LogP) is 0.824. The van der Waals surface area contributed by atoms with Crippen molar-refractivity contribution in [2.24, 2.45) is 11.7 Å². The molecule has 0 aromatic heterocycles. The Morgan fingerprint density at radius 3 is 2.56 bits per heavy atom. The zero-order chi connectivity index (χ0) is 7.28. The van der Waals surface area contributed by atoms with Crippen LogP contribution in [0.25, 0.3) is 0 Å². The number of rotatable bonds is 2. The van der Waals surface area contributed by atoms with E-state index in [0.29, 0.717) is 5.92 Å². The first-order valence-electron chi connectivity index (χ1n) is 2.85. The highest BCUT2D eigenvalue weighted by atomic mass is 16.2. The molecule has 0 atom stereocenters. The highest BCUT2D eigenvalue weighted by molar-refractivity contribution is 5.72. The SMILES string of the molecule is CC(C)/C=C/NC(N)=O. The highest BCUT2D eigenvalue weighted by Gasteiger charge is 1.84. The molecule has 0 bridgehead atoms. The quantitative estimate of drug-likeness (QED) is 0.568. The van der Waals surface area contributed by atoms with E-state index in [4.69, 9.17) is 5.73 Å². The van der Waals surface area contributed by atoms with E-state index in [1.54, 1.807) is 6.20 Å². The molecule has 0 aliphatic heterocycles. The molecule has 0 rings (SSSR count). The van der Waals surface area contributed by atoms with Gasteiger partial charge in [-0.3, -0.25) is 0 Å². The van der Waals surface area contributed by atoms with Gasteiger partial charge in [-0.25, -0.2) is 4.79 Å². The van der Waals surface area contributed by atoms with Gasteiger partial charge in [0.25, 0.3) is 0 Å². The zero-order valence-electron chi connectivity index (χ0n) is 5.72. The predicted molar refractivity (Wildman–Crippen MR) is 36.7 cm³/mol. The summed E-state index contributed by atoms with van der Waals surface area (Å²) in [5.41, 5.74) is 4.78. The molecule has 0 aliphatic carbocycles. The molecule has 3 nitrogen and oxygen atoms in total. The van der Waals surface area contributed by atoms with E-state index in [-0.39, 0.29) is 0 Å². The summed E-state index contributed by atoms with van der Waals surface area (Å²) in [5.74, 6) is 0.442. The number of amides is 2. The third-order valence-electron chi connectivity index (χ3n) is 0.707. The lowest BCUT2D eigenvalue weighted by molar-refractivity contribution is 0.252. The largest absolute Gasteiger partial charge is 0.351 e. The van der Waals surface area contributed by atoms with Gasteiger partial charge in [-0.1, -0.05) is 19.9 Å². The van der Waals surface area contributed by atoms with Crippen molar-refractivity contribution in [3.05, 3.63) is 12.3 Å². The summed E-state index contributed by atoms with van der Waals surface area (Å²) in [6, 6.07) is -0.521. The normalized spacial score (nSPS) is 10.6. The van der Waals surface area contributed by atoms with Crippen LogP contribution < -0.4 is 11.1 Å². The van der Waals surface area contributed by atoms with Gasteiger partial charge in [-0.15, -0.1) is 0 Å². The van der Waals surface area contributed by atoms with Crippen molar-refractivity contribution in [3.8, 4) is 0 Å². The molecule has 9 heavy (non-hydrogen) atoms. The lowest BCUT2D eigenvalue weighted by atomic mass is 10.2. The fraction of sp³-hybridized carbons (Fsp3) is 0.500. The Morgan fingerprint density at radius 1 is 1.67 bits per heavy atom. The molecule has 0 saturated carbocycles. The number of nitrogens with one attached hydrogen (secondary N) is 1. The van der Waals surface area contributed by atoms with Crippen LogP contribution in [-0.2, 0) is 0 Å². The number of hydrogen-bond donors (Lipinski definition) is 2. The highest BCUT2D eigenvalue weighted by Crippen LogP contribution is 1.90. The van der Waals surface area contributed by atoms with Gasteiger partial charge in [0, 0.05) is 6.20 Å². The summed E-state index contributed by atoms with van der Waals surface area (Å²) in [5, 5.41) is 2.34. The number of allylic oxidation sites excluding steroid dienone is 1. The topological polar surface area (TPSA) is 55.1 Å². The van der Waals surface area contributed by atoms with E-state index in [0.717, 1.165) is 0 Å². The van der Waals surface area contributed by atoms with E-state index in [1.807, 2.05) is 19.9 Å². The molecule has 0 heterocycles. The molecule has 0 unspecified atom stereocenters. The van der Waals surface area contributed by atoms with E-state index in [9.17, 15) is 4.79 Å². The molecule has 0 radical (unpaired) electrons. The van der Waals surface area contributed by atoms with E-state index < -0.39 is 6.03 Å². The summed E-state index contributed by atoms with van der Waals surface area (Å²) in [6.45, 7) is 4.03. The Hall–Kier alpha value is -0.990. The molecule has 2 amide bonds. The summed E-state index contributed by atoms with van der Waals surface area (Å²) >= 11 is 0. The number of nitrogens with two attached hydrogens (primary N) is 1. The molecule has 0 fully saturated rings. The summed E-state index contributed by atoms with van der Waals surface area (Å²) in [4.78, 5) is 10.0. The molecule has 3 heteroatoms. The van der Waals surface area contributed by atoms with Crippen LogP contribution >= 0.6 is 0 Å². The second kappa shape index (κ2) is 3.95. The minimum absolute atomic E-state index is 0.442. The van der Waals surface area contributed by atoms with Gasteiger partial charge in [0.2, 0.25) is 0 Å². The van der Waals surface area contributed by atoms with Crippen LogP contribution in [-0.4, -0.2) is 6.03 Å². The Kier molecular flexibility index (Phi) is 3.51.